The molecule has 0 bridgehead atoms. The Morgan fingerprint density at radius 1 is 1.33 bits per heavy atom. The van der Waals surface area contributed by atoms with Gasteiger partial charge in [-0.05, 0) is 6.92 Å². The van der Waals surface area contributed by atoms with Crippen LogP contribution in [0, 0.1) is 11.8 Å². The van der Waals surface area contributed by atoms with Crippen LogP contribution in [0.15, 0.2) is 0 Å². The highest BCUT2D eigenvalue weighted by atomic mass is 16.5. The summed E-state index contributed by atoms with van der Waals surface area (Å²) in [6.45, 7) is 3.74. The molecule has 50 valence electrons. The van der Waals surface area contributed by atoms with Crippen molar-refractivity contribution < 1.29 is 9.47 Å². The topological polar surface area (TPSA) is 18.5 Å². The number of ether oxygens (including phenoxy) is 2. The Balaban J connectivity index is 2.32. The molecule has 1 aliphatic heterocycles. The third kappa shape index (κ3) is 2.50. The molecule has 0 aromatic rings. The molecule has 0 radical (unpaired) electrons. The second kappa shape index (κ2) is 3.49. The zero-order valence-electron chi connectivity index (χ0n) is 5.52. The van der Waals surface area contributed by atoms with Crippen LogP contribution in [-0.2, 0) is 9.47 Å². The van der Waals surface area contributed by atoms with Crippen molar-refractivity contribution in [2.45, 2.75) is 13.0 Å². The first-order valence-corrected chi connectivity index (χ1v) is 3.04. The largest absolute Gasteiger partial charge is 0.366 e. The van der Waals surface area contributed by atoms with Crippen molar-refractivity contribution >= 4 is 0 Å². The first kappa shape index (κ1) is 6.60. The lowest BCUT2D eigenvalue weighted by atomic mass is 10.4. The summed E-state index contributed by atoms with van der Waals surface area (Å²) in [6.07, 6.45) is 0.194. The molecule has 1 unspecified atom stereocenters. The molecule has 0 amide bonds. The summed E-state index contributed by atoms with van der Waals surface area (Å²) in [4.78, 5) is 0. The van der Waals surface area contributed by atoms with E-state index in [9.17, 15) is 0 Å². The van der Waals surface area contributed by atoms with E-state index >= 15 is 0 Å². The molecular weight excluding hydrogens is 116 g/mol. The van der Waals surface area contributed by atoms with E-state index < -0.39 is 0 Å². The maximum absolute atomic E-state index is 5.18. The molecule has 0 aromatic heterocycles. The van der Waals surface area contributed by atoms with Crippen LogP contribution in [0.4, 0.5) is 0 Å². The minimum atomic E-state index is 0.194. The van der Waals surface area contributed by atoms with Crippen molar-refractivity contribution in [3.05, 3.63) is 0 Å². The van der Waals surface area contributed by atoms with Gasteiger partial charge in [0.05, 0.1) is 12.7 Å². The van der Waals surface area contributed by atoms with Crippen molar-refractivity contribution in [3.63, 3.8) is 0 Å². The van der Waals surface area contributed by atoms with Gasteiger partial charge in [0.2, 0.25) is 0 Å². The summed E-state index contributed by atoms with van der Waals surface area (Å²) in [5.74, 6) is 5.63. The van der Waals surface area contributed by atoms with Gasteiger partial charge in [-0.3, -0.25) is 0 Å². The van der Waals surface area contributed by atoms with Crippen molar-refractivity contribution in [2.24, 2.45) is 0 Å². The summed E-state index contributed by atoms with van der Waals surface area (Å²) >= 11 is 0. The third-order valence-electron chi connectivity index (χ3n) is 1.09. The average Bonchev–Trinajstić information content (AvgIpc) is 1.79. The molecule has 2 heteroatoms. The first-order chi connectivity index (χ1) is 4.39. The van der Waals surface area contributed by atoms with Crippen LogP contribution in [-0.4, -0.2) is 25.9 Å². The summed E-state index contributed by atoms with van der Waals surface area (Å²) in [5.41, 5.74) is 0. The van der Waals surface area contributed by atoms with Crippen molar-refractivity contribution in [3.8, 4) is 11.8 Å². The Morgan fingerprint density at radius 3 is 3.00 bits per heavy atom. The van der Waals surface area contributed by atoms with Crippen LogP contribution in [0.3, 0.4) is 0 Å². The molecule has 0 fully saturated rings. The van der Waals surface area contributed by atoms with E-state index in [1.807, 2.05) is 6.92 Å². The second-order valence-corrected chi connectivity index (χ2v) is 1.99. The smallest absolute Gasteiger partial charge is 0.108 e. The van der Waals surface area contributed by atoms with Crippen LogP contribution < -0.4 is 0 Å². The van der Waals surface area contributed by atoms with Gasteiger partial charge in [-0.25, -0.2) is 0 Å². The monoisotopic (exact) mass is 126 g/mol. The molecule has 0 aliphatic carbocycles. The number of rotatable bonds is 0. The quantitative estimate of drug-likeness (QED) is 0.438. The SMILES string of the molecule is CC1COCC#CCO1. The van der Waals surface area contributed by atoms with Crippen molar-refractivity contribution in [1.29, 1.82) is 0 Å². The molecule has 0 aromatic carbocycles. The highest BCUT2D eigenvalue weighted by molar-refractivity contribution is 4.99. The van der Waals surface area contributed by atoms with Gasteiger partial charge in [-0.1, -0.05) is 11.8 Å². The van der Waals surface area contributed by atoms with Gasteiger partial charge in [0.15, 0.2) is 0 Å². The Bertz CT molecular complexity index is 132. The molecular formula is C7H10O2. The minimum Gasteiger partial charge on any atom is -0.366 e. The molecule has 0 spiro atoms. The van der Waals surface area contributed by atoms with Gasteiger partial charge in [-0.15, -0.1) is 0 Å². The predicted molar refractivity (Wildman–Crippen MR) is 34.0 cm³/mol. The van der Waals surface area contributed by atoms with Gasteiger partial charge in [0, 0.05) is 0 Å². The Kier molecular flexibility index (Phi) is 2.56. The lowest BCUT2D eigenvalue weighted by molar-refractivity contribution is 0.0124. The van der Waals surface area contributed by atoms with E-state index in [-0.39, 0.29) is 6.10 Å². The van der Waals surface area contributed by atoms with Crippen LogP contribution in [0.25, 0.3) is 0 Å². The first-order valence-electron chi connectivity index (χ1n) is 3.04. The normalized spacial score (nSPS) is 27.4. The van der Waals surface area contributed by atoms with Gasteiger partial charge >= 0.3 is 0 Å². The lowest BCUT2D eigenvalue weighted by Gasteiger charge is -2.11. The van der Waals surface area contributed by atoms with Gasteiger partial charge in [0.25, 0.3) is 0 Å². The Hall–Kier alpha value is -0.520. The minimum absolute atomic E-state index is 0.194. The van der Waals surface area contributed by atoms with E-state index in [2.05, 4.69) is 11.8 Å². The van der Waals surface area contributed by atoms with E-state index in [0.717, 1.165) is 0 Å². The fourth-order valence-electron chi connectivity index (χ4n) is 0.610. The van der Waals surface area contributed by atoms with E-state index in [4.69, 9.17) is 9.47 Å². The van der Waals surface area contributed by atoms with E-state index in [1.165, 1.54) is 0 Å². The summed E-state index contributed by atoms with van der Waals surface area (Å²) in [7, 11) is 0. The zero-order chi connectivity index (χ0) is 6.53. The molecule has 1 rings (SSSR count). The Morgan fingerprint density at radius 2 is 2.11 bits per heavy atom. The van der Waals surface area contributed by atoms with Crippen molar-refractivity contribution in [1.82, 2.24) is 0 Å². The highest BCUT2D eigenvalue weighted by Crippen LogP contribution is 1.92. The Labute approximate surface area is 55.1 Å². The van der Waals surface area contributed by atoms with Crippen LogP contribution in [0.5, 0.6) is 0 Å². The van der Waals surface area contributed by atoms with E-state index in [0.29, 0.717) is 19.8 Å². The molecule has 1 aliphatic rings. The highest BCUT2D eigenvalue weighted by Gasteiger charge is 2.00. The predicted octanol–water partition coefficient (Wildman–Crippen LogP) is 0.425. The van der Waals surface area contributed by atoms with Crippen molar-refractivity contribution in [2.75, 3.05) is 19.8 Å². The maximum atomic E-state index is 5.18. The third-order valence-corrected chi connectivity index (χ3v) is 1.09. The molecule has 0 N–H and O–H groups in total. The zero-order valence-corrected chi connectivity index (χ0v) is 5.52. The molecule has 0 saturated heterocycles. The van der Waals surface area contributed by atoms with Crippen LogP contribution >= 0.6 is 0 Å². The molecule has 9 heavy (non-hydrogen) atoms. The summed E-state index contributed by atoms with van der Waals surface area (Å²) in [6, 6.07) is 0. The number of hydrogen-bond donors (Lipinski definition) is 0. The van der Waals surface area contributed by atoms with E-state index in [1.54, 1.807) is 0 Å². The summed E-state index contributed by atoms with van der Waals surface area (Å²) in [5, 5.41) is 0. The second-order valence-electron chi connectivity index (χ2n) is 1.99. The van der Waals surface area contributed by atoms with Gasteiger partial charge < -0.3 is 9.47 Å². The van der Waals surface area contributed by atoms with Gasteiger partial charge in [0.1, 0.15) is 13.2 Å². The molecule has 1 atom stereocenters. The molecule has 0 saturated carbocycles. The molecule has 1 heterocycles. The van der Waals surface area contributed by atoms with Crippen LogP contribution in [0.2, 0.25) is 0 Å². The fraction of sp³-hybridized carbons (Fsp3) is 0.714. The van der Waals surface area contributed by atoms with Crippen LogP contribution in [0.1, 0.15) is 6.92 Å². The lowest BCUT2D eigenvalue weighted by Crippen LogP contribution is -2.17. The number of hydrogen-bond acceptors (Lipinski definition) is 2. The molecule has 2 nitrogen and oxygen atoms in total. The maximum Gasteiger partial charge on any atom is 0.108 e. The fourth-order valence-corrected chi connectivity index (χ4v) is 0.610. The average molecular weight is 126 g/mol. The standard InChI is InChI=1S/C7H10O2/c1-7-6-8-4-2-3-5-9-7/h7H,4-6H2,1H3. The van der Waals surface area contributed by atoms with Gasteiger partial charge in [-0.2, -0.15) is 0 Å². The summed E-state index contributed by atoms with van der Waals surface area (Å²) < 4.78 is 10.3.